The predicted molar refractivity (Wildman–Crippen MR) is 119 cm³/mol. The summed E-state index contributed by atoms with van der Waals surface area (Å²) in [5.74, 6) is -2.04. The maximum atomic E-state index is 13.0. The third kappa shape index (κ3) is 6.04. The Morgan fingerprint density at radius 1 is 1.24 bits per heavy atom. The number of thioether (sulfide) groups is 1. The number of methoxy groups -OCH3 is 1. The fourth-order valence-electron chi connectivity index (χ4n) is 3.82. The molecule has 0 unspecified atom stereocenters. The number of esters is 2. The highest BCUT2D eigenvalue weighted by molar-refractivity contribution is 7.98. The summed E-state index contributed by atoms with van der Waals surface area (Å²) in [6, 6.07) is 4.00. The predicted octanol–water partition coefficient (Wildman–Crippen LogP) is 0.244. The summed E-state index contributed by atoms with van der Waals surface area (Å²) in [5, 5.41) is 5.17. The topological polar surface area (TPSA) is 131 Å². The maximum Gasteiger partial charge on any atom is 0.338 e. The van der Waals surface area contributed by atoms with Gasteiger partial charge in [-0.05, 0) is 24.5 Å². The quantitative estimate of drug-likeness (QED) is 0.592. The van der Waals surface area contributed by atoms with Gasteiger partial charge in [0.1, 0.15) is 24.7 Å². The van der Waals surface area contributed by atoms with Gasteiger partial charge in [-0.1, -0.05) is 18.2 Å². The minimum absolute atomic E-state index is 0.212. The second-order valence-electron chi connectivity index (χ2n) is 7.79. The van der Waals surface area contributed by atoms with Crippen LogP contribution in [0, 0.1) is 0 Å². The van der Waals surface area contributed by atoms with Crippen molar-refractivity contribution in [2.45, 2.75) is 43.6 Å². The van der Waals surface area contributed by atoms with Crippen LogP contribution >= 0.6 is 11.8 Å². The zero-order chi connectivity index (χ0) is 24.0. The van der Waals surface area contributed by atoms with Crippen molar-refractivity contribution < 1.29 is 33.4 Å². The molecule has 1 fully saturated rings. The first kappa shape index (κ1) is 24.6. The van der Waals surface area contributed by atoms with Crippen molar-refractivity contribution in [3.8, 4) is 0 Å². The van der Waals surface area contributed by atoms with E-state index in [1.54, 1.807) is 24.3 Å². The largest absolute Gasteiger partial charge is 0.467 e. The zero-order valence-corrected chi connectivity index (χ0v) is 19.3. The molecule has 33 heavy (non-hydrogen) atoms. The Kier molecular flexibility index (Phi) is 8.32. The first-order valence-corrected chi connectivity index (χ1v) is 11.8. The van der Waals surface area contributed by atoms with Crippen molar-refractivity contribution in [1.82, 2.24) is 15.5 Å². The van der Waals surface area contributed by atoms with E-state index >= 15 is 0 Å². The van der Waals surface area contributed by atoms with Crippen LogP contribution in [0.3, 0.4) is 0 Å². The fourth-order valence-corrected chi connectivity index (χ4v) is 4.86. The minimum atomic E-state index is -1.25. The molecule has 0 saturated carbocycles. The molecule has 2 heterocycles. The van der Waals surface area contributed by atoms with Gasteiger partial charge >= 0.3 is 11.9 Å². The second-order valence-corrected chi connectivity index (χ2v) is 8.82. The van der Waals surface area contributed by atoms with Crippen molar-refractivity contribution in [3.63, 3.8) is 0 Å². The Hall–Kier alpha value is -3.08. The molecular weight excluding hydrogens is 450 g/mol. The smallest absolute Gasteiger partial charge is 0.338 e. The van der Waals surface area contributed by atoms with Gasteiger partial charge in [-0.25, -0.2) is 9.59 Å². The monoisotopic (exact) mass is 477 g/mol. The molecule has 0 radical (unpaired) electrons. The van der Waals surface area contributed by atoms with Gasteiger partial charge in [0.05, 0.1) is 12.7 Å². The number of nitrogens with one attached hydrogen (secondary N) is 2. The summed E-state index contributed by atoms with van der Waals surface area (Å²) in [7, 11) is 1.22. The number of carbonyl (C=O) groups excluding carboxylic acids is 5. The number of hydrogen-bond donors (Lipinski definition) is 2. The molecule has 1 aromatic carbocycles. The van der Waals surface area contributed by atoms with E-state index in [9.17, 15) is 24.0 Å². The van der Waals surface area contributed by atoms with Crippen LogP contribution in [0.4, 0.5) is 0 Å². The maximum absolute atomic E-state index is 13.0. The van der Waals surface area contributed by atoms with Crippen LogP contribution in [-0.2, 0) is 34.4 Å². The molecular formula is C22H27N3O7S. The van der Waals surface area contributed by atoms with E-state index in [0.29, 0.717) is 30.7 Å². The average Bonchev–Trinajstić information content (AvgIpc) is 3.30. The third-order valence-corrected chi connectivity index (χ3v) is 6.64. The number of ether oxygens (including phenoxy) is 2. The molecule has 0 aliphatic carbocycles. The van der Waals surface area contributed by atoms with E-state index in [2.05, 4.69) is 10.6 Å². The van der Waals surface area contributed by atoms with Gasteiger partial charge in [-0.15, -0.1) is 0 Å². The van der Waals surface area contributed by atoms with Crippen LogP contribution in [0.15, 0.2) is 24.3 Å². The van der Waals surface area contributed by atoms with E-state index in [1.807, 2.05) is 0 Å². The number of nitrogens with zero attached hydrogens (tertiary/aromatic N) is 1. The Labute approximate surface area is 195 Å². The van der Waals surface area contributed by atoms with E-state index < -0.39 is 48.5 Å². The fraction of sp³-hybridized carbons (Fsp3) is 0.500. The average molecular weight is 478 g/mol. The molecule has 10 nitrogen and oxygen atoms in total. The van der Waals surface area contributed by atoms with Crippen molar-refractivity contribution in [2.75, 3.05) is 26.0 Å². The first-order chi connectivity index (χ1) is 15.8. The standard InChI is InChI=1S/C22H27N3O7S/c1-13(26)25-9-5-8-18(25)20(28)23-16-10-32-21(29)15-7-4-3-6-14(15)11-33-12-17(22(30)31-2)24-19(16)27/h3-4,6-7,16-18H,5,8-12H2,1-2H3,(H,23,28)(H,24,27)/t16-,17+,18-/m0/s1. The summed E-state index contributed by atoms with van der Waals surface area (Å²) < 4.78 is 10.2. The van der Waals surface area contributed by atoms with E-state index in [1.165, 1.54) is 30.7 Å². The van der Waals surface area contributed by atoms with Crippen LogP contribution in [0.5, 0.6) is 0 Å². The number of likely N-dealkylation sites (tertiary alicyclic amines) is 1. The Morgan fingerprint density at radius 2 is 2.00 bits per heavy atom. The van der Waals surface area contributed by atoms with Gasteiger partial charge in [-0.3, -0.25) is 14.4 Å². The van der Waals surface area contributed by atoms with Gasteiger partial charge in [0.15, 0.2) is 0 Å². The Morgan fingerprint density at radius 3 is 2.73 bits per heavy atom. The van der Waals surface area contributed by atoms with Crippen LogP contribution in [0.1, 0.15) is 35.7 Å². The van der Waals surface area contributed by atoms with Gasteiger partial charge < -0.3 is 25.0 Å². The molecule has 2 aliphatic heterocycles. The van der Waals surface area contributed by atoms with Gasteiger partial charge in [0.2, 0.25) is 17.7 Å². The number of fused-ring (bicyclic) bond motifs is 1. The molecule has 11 heteroatoms. The zero-order valence-electron chi connectivity index (χ0n) is 18.5. The van der Waals surface area contributed by atoms with E-state index in [0.717, 1.165) is 5.56 Å². The lowest BCUT2D eigenvalue weighted by atomic mass is 10.1. The van der Waals surface area contributed by atoms with Crippen LogP contribution < -0.4 is 10.6 Å². The number of amides is 3. The normalized spacial score (nSPS) is 23.8. The third-order valence-electron chi connectivity index (χ3n) is 5.56. The second kappa shape index (κ2) is 11.2. The van der Waals surface area contributed by atoms with E-state index in [-0.39, 0.29) is 11.7 Å². The lowest BCUT2D eigenvalue weighted by Crippen LogP contribution is -2.57. The highest BCUT2D eigenvalue weighted by Crippen LogP contribution is 2.20. The van der Waals surface area contributed by atoms with Crippen LogP contribution in [-0.4, -0.2) is 78.7 Å². The molecule has 0 aromatic heterocycles. The van der Waals surface area contributed by atoms with Crippen LogP contribution in [0.25, 0.3) is 0 Å². The van der Waals surface area contributed by atoms with Crippen molar-refractivity contribution in [1.29, 1.82) is 0 Å². The molecule has 0 bridgehead atoms. The van der Waals surface area contributed by atoms with Crippen molar-refractivity contribution in [3.05, 3.63) is 35.4 Å². The van der Waals surface area contributed by atoms with Crippen molar-refractivity contribution >= 4 is 41.4 Å². The molecule has 2 aliphatic rings. The molecule has 2 N–H and O–H groups in total. The summed E-state index contributed by atoms with van der Waals surface area (Å²) in [4.78, 5) is 64.0. The lowest BCUT2D eigenvalue weighted by Gasteiger charge is -2.26. The summed E-state index contributed by atoms with van der Waals surface area (Å²) in [5.41, 5.74) is 1.08. The lowest BCUT2D eigenvalue weighted by molar-refractivity contribution is -0.145. The number of benzene rings is 1. The molecule has 3 atom stereocenters. The van der Waals surface area contributed by atoms with E-state index in [4.69, 9.17) is 9.47 Å². The Balaban J connectivity index is 1.83. The van der Waals surface area contributed by atoms with Gasteiger partial charge in [0, 0.05) is 25.0 Å². The highest BCUT2D eigenvalue weighted by Gasteiger charge is 2.36. The van der Waals surface area contributed by atoms with Gasteiger partial charge in [-0.2, -0.15) is 11.8 Å². The summed E-state index contributed by atoms with van der Waals surface area (Å²) in [6.07, 6.45) is 1.14. The molecule has 3 amide bonds. The Bertz CT molecular complexity index is 938. The summed E-state index contributed by atoms with van der Waals surface area (Å²) >= 11 is 1.35. The summed E-state index contributed by atoms with van der Waals surface area (Å²) in [6.45, 7) is 1.41. The highest BCUT2D eigenvalue weighted by atomic mass is 32.2. The number of carbonyl (C=O) groups is 5. The number of cyclic esters (lactones) is 1. The number of hydrogen-bond acceptors (Lipinski definition) is 8. The SMILES string of the molecule is COC(=O)[C@H]1CSCc2ccccc2C(=O)OC[C@H](NC(=O)[C@@H]2CCCN2C(C)=O)C(=O)N1. The molecule has 178 valence electrons. The molecule has 1 saturated heterocycles. The van der Waals surface area contributed by atoms with Gasteiger partial charge in [0.25, 0.3) is 0 Å². The number of rotatable bonds is 3. The van der Waals surface area contributed by atoms with Crippen LogP contribution in [0.2, 0.25) is 0 Å². The molecule has 0 spiro atoms. The molecule has 3 rings (SSSR count). The minimum Gasteiger partial charge on any atom is -0.467 e. The molecule has 1 aromatic rings. The van der Waals surface area contributed by atoms with Crippen molar-refractivity contribution in [2.24, 2.45) is 0 Å². The first-order valence-electron chi connectivity index (χ1n) is 10.6.